The van der Waals surface area contributed by atoms with E-state index in [0.29, 0.717) is 12.3 Å². The van der Waals surface area contributed by atoms with Gasteiger partial charge in [0, 0.05) is 24.6 Å². The highest BCUT2D eigenvalue weighted by Crippen LogP contribution is 2.36. The van der Waals surface area contributed by atoms with E-state index < -0.39 is 4.92 Å². The molecule has 0 aromatic heterocycles. The van der Waals surface area contributed by atoms with Crippen LogP contribution in [0.4, 0.5) is 5.69 Å². The molecule has 1 aliphatic rings. The van der Waals surface area contributed by atoms with Crippen molar-refractivity contribution in [2.24, 2.45) is 5.92 Å². The van der Waals surface area contributed by atoms with Crippen molar-refractivity contribution in [1.29, 1.82) is 0 Å². The molecule has 114 valence electrons. The number of nitro groups is 1. The Bertz CT molecular complexity index is 553. The number of nitrogens with one attached hydrogen (secondary N) is 1. The number of hydrogen-bond acceptors (Lipinski definition) is 6. The molecule has 1 unspecified atom stereocenters. The minimum atomic E-state index is -0.561. The molecule has 21 heavy (non-hydrogen) atoms. The van der Waals surface area contributed by atoms with Crippen LogP contribution in [-0.4, -0.2) is 38.0 Å². The minimum absolute atomic E-state index is 0.0789. The third kappa shape index (κ3) is 3.13. The fourth-order valence-corrected chi connectivity index (χ4v) is 2.51. The summed E-state index contributed by atoms with van der Waals surface area (Å²) in [7, 11) is 2.77. The number of benzene rings is 1. The van der Waals surface area contributed by atoms with Gasteiger partial charge in [-0.3, -0.25) is 14.9 Å². The minimum Gasteiger partial charge on any atom is -0.496 e. The molecule has 1 aliphatic heterocycles. The Hall–Kier alpha value is -2.15. The lowest BCUT2D eigenvalue weighted by Gasteiger charge is -2.22. The fraction of sp³-hybridized carbons (Fsp3) is 0.500. The number of piperidine rings is 1. The number of carbonyl (C=O) groups excluding carboxylic acids is 1. The van der Waals surface area contributed by atoms with E-state index in [9.17, 15) is 14.9 Å². The van der Waals surface area contributed by atoms with Crippen LogP contribution in [0.2, 0.25) is 0 Å². The molecule has 2 rings (SSSR count). The number of nitro benzene ring substituents is 1. The van der Waals surface area contributed by atoms with Crippen molar-refractivity contribution < 1.29 is 19.2 Å². The third-order valence-electron chi connectivity index (χ3n) is 3.63. The molecule has 1 aromatic carbocycles. The lowest BCUT2D eigenvalue weighted by atomic mass is 9.90. The second-order valence-electron chi connectivity index (χ2n) is 4.89. The van der Waals surface area contributed by atoms with Crippen LogP contribution in [0.5, 0.6) is 11.5 Å². The Morgan fingerprint density at radius 3 is 2.57 bits per heavy atom. The van der Waals surface area contributed by atoms with E-state index in [4.69, 9.17) is 9.47 Å². The van der Waals surface area contributed by atoms with Crippen LogP contribution in [0.25, 0.3) is 0 Å². The SMILES string of the molecule is COc1cc(OC)c([N+](=O)[O-])cc1C(=O)C1CCCNC1. The first-order valence-electron chi connectivity index (χ1n) is 6.73. The summed E-state index contributed by atoms with van der Waals surface area (Å²) in [6, 6.07) is 2.64. The molecular formula is C14H18N2O5. The number of carbonyl (C=O) groups is 1. The number of hydrogen-bond donors (Lipinski definition) is 1. The van der Waals surface area contributed by atoms with Crippen molar-refractivity contribution in [3.05, 3.63) is 27.8 Å². The number of ether oxygens (including phenoxy) is 2. The summed E-state index contributed by atoms with van der Waals surface area (Å²) in [6.07, 6.45) is 1.69. The molecular weight excluding hydrogens is 276 g/mol. The van der Waals surface area contributed by atoms with Crippen molar-refractivity contribution in [1.82, 2.24) is 5.32 Å². The highest BCUT2D eigenvalue weighted by Gasteiger charge is 2.28. The molecule has 1 heterocycles. The number of ketones is 1. The zero-order valence-electron chi connectivity index (χ0n) is 12.0. The predicted octanol–water partition coefficient (Wildman–Crippen LogP) is 1.79. The molecule has 1 aromatic rings. The molecule has 0 aliphatic carbocycles. The largest absolute Gasteiger partial charge is 0.496 e. The van der Waals surface area contributed by atoms with Gasteiger partial charge in [0.25, 0.3) is 0 Å². The molecule has 1 saturated heterocycles. The molecule has 0 radical (unpaired) electrons. The molecule has 1 N–H and O–H groups in total. The monoisotopic (exact) mass is 294 g/mol. The van der Waals surface area contributed by atoms with Gasteiger partial charge in [-0.1, -0.05) is 0 Å². The zero-order chi connectivity index (χ0) is 15.4. The molecule has 7 nitrogen and oxygen atoms in total. The van der Waals surface area contributed by atoms with E-state index in [1.165, 1.54) is 26.4 Å². The fourth-order valence-electron chi connectivity index (χ4n) is 2.51. The van der Waals surface area contributed by atoms with Crippen molar-refractivity contribution >= 4 is 11.5 Å². The second kappa shape index (κ2) is 6.53. The summed E-state index contributed by atoms with van der Waals surface area (Å²) < 4.78 is 10.2. The topological polar surface area (TPSA) is 90.7 Å². The summed E-state index contributed by atoms with van der Waals surface area (Å²) in [5, 5.41) is 14.3. The Balaban J connectivity index is 2.43. The first kappa shape index (κ1) is 15.2. The second-order valence-corrected chi connectivity index (χ2v) is 4.89. The number of Topliss-reactive ketones (excluding diaryl/α,β-unsaturated/α-hetero) is 1. The van der Waals surface area contributed by atoms with E-state index in [0.717, 1.165) is 19.4 Å². The van der Waals surface area contributed by atoms with Crippen LogP contribution in [0.15, 0.2) is 12.1 Å². The van der Waals surface area contributed by atoms with Crippen LogP contribution in [0, 0.1) is 16.0 Å². The Kier molecular flexibility index (Phi) is 4.74. The summed E-state index contributed by atoms with van der Waals surface area (Å²) in [5.41, 5.74) is 0.00381. The van der Waals surface area contributed by atoms with Gasteiger partial charge in [-0.15, -0.1) is 0 Å². The maximum absolute atomic E-state index is 12.6. The Labute approximate surface area is 122 Å². The average Bonchev–Trinajstić information content (AvgIpc) is 2.53. The molecule has 0 spiro atoms. The summed E-state index contributed by atoms with van der Waals surface area (Å²) >= 11 is 0. The third-order valence-corrected chi connectivity index (χ3v) is 3.63. The first-order chi connectivity index (χ1) is 10.1. The molecule has 0 saturated carbocycles. The van der Waals surface area contributed by atoms with Crippen molar-refractivity contribution in [2.45, 2.75) is 12.8 Å². The van der Waals surface area contributed by atoms with Crippen molar-refractivity contribution in [2.75, 3.05) is 27.3 Å². The van der Waals surface area contributed by atoms with Crippen LogP contribution >= 0.6 is 0 Å². The average molecular weight is 294 g/mol. The summed E-state index contributed by atoms with van der Waals surface area (Å²) in [4.78, 5) is 23.1. The summed E-state index contributed by atoms with van der Waals surface area (Å²) in [5.74, 6) is 0.0636. The van der Waals surface area contributed by atoms with Crippen LogP contribution < -0.4 is 14.8 Å². The normalized spacial score (nSPS) is 18.1. The number of rotatable bonds is 5. The van der Waals surface area contributed by atoms with Gasteiger partial charge >= 0.3 is 5.69 Å². The van der Waals surface area contributed by atoms with Gasteiger partial charge in [-0.2, -0.15) is 0 Å². The number of methoxy groups -OCH3 is 2. The highest BCUT2D eigenvalue weighted by molar-refractivity contribution is 6.01. The van der Waals surface area contributed by atoms with E-state index in [1.54, 1.807) is 0 Å². The van der Waals surface area contributed by atoms with Crippen molar-refractivity contribution in [3.63, 3.8) is 0 Å². The molecule has 7 heteroatoms. The maximum Gasteiger partial charge on any atom is 0.311 e. The van der Waals surface area contributed by atoms with Gasteiger partial charge in [0.2, 0.25) is 5.75 Å². The van der Waals surface area contributed by atoms with Crippen molar-refractivity contribution in [3.8, 4) is 11.5 Å². The standard InChI is InChI=1S/C14H18N2O5/c1-20-12-7-13(21-2)11(16(18)19)6-10(12)14(17)9-4-3-5-15-8-9/h6-7,9,15H,3-5,8H2,1-2H3. The summed E-state index contributed by atoms with van der Waals surface area (Å²) in [6.45, 7) is 1.48. The predicted molar refractivity (Wildman–Crippen MR) is 76.1 cm³/mol. The van der Waals surface area contributed by atoms with E-state index in [1.807, 2.05) is 0 Å². The quantitative estimate of drug-likeness (QED) is 0.506. The molecule has 1 atom stereocenters. The molecule has 1 fully saturated rings. The van der Waals surface area contributed by atoms with Crippen LogP contribution in [-0.2, 0) is 0 Å². The van der Waals surface area contributed by atoms with E-state index in [2.05, 4.69) is 5.32 Å². The van der Waals surface area contributed by atoms with Gasteiger partial charge < -0.3 is 14.8 Å². The highest BCUT2D eigenvalue weighted by atomic mass is 16.6. The Morgan fingerprint density at radius 2 is 2.05 bits per heavy atom. The molecule has 0 bridgehead atoms. The Morgan fingerprint density at radius 1 is 1.33 bits per heavy atom. The van der Waals surface area contributed by atoms with Gasteiger partial charge in [-0.05, 0) is 19.4 Å². The molecule has 0 amide bonds. The van der Waals surface area contributed by atoms with Crippen LogP contribution in [0.1, 0.15) is 23.2 Å². The van der Waals surface area contributed by atoms with Gasteiger partial charge in [0.1, 0.15) is 5.75 Å². The van der Waals surface area contributed by atoms with E-state index >= 15 is 0 Å². The van der Waals surface area contributed by atoms with E-state index in [-0.39, 0.29) is 28.7 Å². The maximum atomic E-state index is 12.6. The van der Waals surface area contributed by atoms with Gasteiger partial charge in [-0.25, -0.2) is 0 Å². The van der Waals surface area contributed by atoms with Gasteiger partial charge in [0.15, 0.2) is 5.78 Å². The first-order valence-corrected chi connectivity index (χ1v) is 6.73. The lowest BCUT2D eigenvalue weighted by Crippen LogP contribution is -2.34. The number of nitrogens with zero attached hydrogens (tertiary/aromatic N) is 1. The zero-order valence-corrected chi connectivity index (χ0v) is 12.0. The van der Waals surface area contributed by atoms with Gasteiger partial charge in [0.05, 0.1) is 24.7 Å². The lowest BCUT2D eigenvalue weighted by molar-refractivity contribution is -0.385. The smallest absolute Gasteiger partial charge is 0.311 e. The van der Waals surface area contributed by atoms with Crippen LogP contribution in [0.3, 0.4) is 0 Å².